The Kier molecular flexibility index (Phi) is 3.98. The van der Waals surface area contributed by atoms with E-state index in [1.807, 2.05) is 0 Å². The van der Waals surface area contributed by atoms with Gasteiger partial charge in [-0.05, 0) is 18.2 Å². The average molecular weight is 284 g/mol. The van der Waals surface area contributed by atoms with E-state index in [4.69, 9.17) is 4.74 Å². The molecule has 0 bridgehead atoms. The Bertz CT molecular complexity index is 778. The van der Waals surface area contributed by atoms with E-state index in [0.717, 1.165) is 5.56 Å². The van der Waals surface area contributed by atoms with Gasteiger partial charge in [0.2, 0.25) is 11.4 Å². The van der Waals surface area contributed by atoms with E-state index < -0.39 is 0 Å². The lowest BCUT2D eigenvalue weighted by Crippen LogP contribution is -2.26. The fourth-order valence-corrected chi connectivity index (χ4v) is 2.17. The number of fused-ring (bicyclic) bond motifs is 3. The molecular formula is C15H16N4O2. The molecule has 0 fully saturated rings. The third-order valence-electron chi connectivity index (χ3n) is 3.12. The first-order chi connectivity index (χ1) is 10.2. The van der Waals surface area contributed by atoms with Crippen molar-refractivity contribution in [3.63, 3.8) is 0 Å². The zero-order chi connectivity index (χ0) is 15.6. The first kappa shape index (κ1) is 14.6. The van der Waals surface area contributed by atoms with Crippen molar-refractivity contribution in [2.45, 2.75) is 0 Å². The molecule has 0 aliphatic heterocycles. The number of methoxy groups -OCH3 is 1. The van der Waals surface area contributed by atoms with Crippen LogP contribution in [0.15, 0.2) is 36.3 Å². The average Bonchev–Trinajstić information content (AvgIpc) is 2.80. The van der Waals surface area contributed by atoms with Crippen molar-refractivity contribution in [2.75, 3.05) is 14.2 Å². The Labute approximate surface area is 122 Å². The molecule has 0 amide bonds. The summed E-state index contributed by atoms with van der Waals surface area (Å²) in [6, 6.07) is 5.30. The highest BCUT2D eigenvalue weighted by Crippen LogP contribution is 2.35. The van der Waals surface area contributed by atoms with Crippen LogP contribution in [0.25, 0.3) is 11.3 Å². The van der Waals surface area contributed by atoms with E-state index >= 15 is 0 Å². The molecule has 2 aromatic rings. The Morgan fingerprint density at radius 3 is 2.57 bits per heavy atom. The van der Waals surface area contributed by atoms with Gasteiger partial charge in [0.05, 0.1) is 7.11 Å². The molecule has 108 valence electrons. The summed E-state index contributed by atoms with van der Waals surface area (Å²) in [6.07, 6.45) is 0. The fraction of sp³-hybridized carbons (Fsp3) is 0.200. The van der Waals surface area contributed by atoms with Crippen LogP contribution in [0.4, 0.5) is 0 Å². The second kappa shape index (κ2) is 5.70. The summed E-state index contributed by atoms with van der Waals surface area (Å²) in [5, 5.41) is 4.25. The van der Waals surface area contributed by atoms with Crippen LogP contribution in [0.5, 0.6) is 5.75 Å². The van der Waals surface area contributed by atoms with Gasteiger partial charge < -0.3 is 4.74 Å². The summed E-state index contributed by atoms with van der Waals surface area (Å²) in [6.45, 7) is 6.00. The second-order valence-corrected chi connectivity index (χ2v) is 4.20. The fourth-order valence-electron chi connectivity index (χ4n) is 2.17. The van der Waals surface area contributed by atoms with Gasteiger partial charge in [-0.3, -0.25) is 9.79 Å². The molecule has 0 unspecified atom stereocenters. The maximum absolute atomic E-state index is 12.3. The zero-order valence-corrected chi connectivity index (χ0v) is 12.3. The minimum Gasteiger partial charge on any atom is -0.497 e. The van der Waals surface area contributed by atoms with Crippen molar-refractivity contribution in [1.82, 2.24) is 14.8 Å². The summed E-state index contributed by atoms with van der Waals surface area (Å²) < 4.78 is 6.68. The number of carbonyl (C=O) groups is 1. The lowest BCUT2D eigenvalue weighted by Gasteiger charge is -2.03. The van der Waals surface area contributed by atoms with Gasteiger partial charge in [0.25, 0.3) is 0 Å². The molecule has 0 saturated heterocycles. The predicted molar refractivity (Wildman–Crippen MR) is 79.2 cm³/mol. The van der Waals surface area contributed by atoms with Crippen molar-refractivity contribution in [1.29, 1.82) is 0 Å². The standard InChI is InChI=1S/C13H12N4O2.C2H4/c1-14-13-15-10-9-6-7(19-3)4-5-8(9)12(18)11(10)16-17(13)2;1-2/h4-6H,1-3H3;1-2H2. The molecule has 1 aromatic carbocycles. The first-order valence-electron chi connectivity index (χ1n) is 6.27. The predicted octanol–water partition coefficient (Wildman–Crippen LogP) is 1.37. The normalized spacial score (nSPS) is 12.3. The van der Waals surface area contributed by atoms with Gasteiger partial charge in [0.1, 0.15) is 11.4 Å². The Morgan fingerprint density at radius 1 is 1.24 bits per heavy atom. The van der Waals surface area contributed by atoms with Crippen LogP contribution >= 0.6 is 0 Å². The number of rotatable bonds is 1. The summed E-state index contributed by atoms with van der Waals surface area (Å²) in [5.41, 5.74) is 2.75. The number of nitrogens with zero attached hydrogens (tertiary/aromatic N) is 4. The van der Waals surface area contributed by atoms with Gasteiger partial charge in [-0.1, -0.05) is 0 Å². The number of benzene rings is 1. The largest absolute Gasteiger partial charge is 0.497 e. The topological polar surface area (TPSA) is 69.4 Å². The minimum absolute atomic E-state index is 0.113. The van der Waals surface area contributed by atoms with Gasteiger partial charge in [0, 0.05) is 25.2 Å². The first-order valence-corrected chi connectivity index (χ1v) is 6.27. The lowest BCUT2D eigenvalue weighted by molar-refractivity contribution is 0.103. The van der Waals surface area contributed by atoms with E-state index in [-0.39, 0.29) is 5.78 Å². The molecular weight excluding hydrogens is 268 g/mol. The maximum Gasteiger partial charge on any atom is 0.241 e. The van der Waals surface area contributed by atoms with E-state index in [1.165, 1.54) is 4.68 Å². The van der Waals surface area contributed by atoms with E-state index in [2.05, 4.69) is 28.2 Å². The summed E-state index contributed by atoms with van der Waals surface area (Å²) in [7, 11) is 4.94. The molecule has 6 nitrogen and oxygen atoms in total. The lowest BCUT2D eigenvalue weighted by atomic mass is 10.1. The quantitative estimate of drug-likeness (QED) is 0.633. The monoisotopic (exact) mass is 284 g/mol. The van der Waals surface area contributed by atoms with Gasteiger partial charge in [-0.2, -0.15) is 5.10 Å². The molecule has 0 saturated carbocycles. The molecule has 1 aromatic heterocycles. The Morgan fingerprint density at radius 2 is 1.95 bits per heavy atom. The van der Waals surface area contributed by atoms with Gasteiger partial charge in [-0.25, -0.2) is 9.67 Å². The highest BCUT2D eigenvalue weighted by molar-refractivity contribution is 6.19. The molecule has 1 aliphatic rings. The number of hydrogen-bond acceptors (Lipinski definition) is 5. The highest BCUT2D eigenvalue weighted by Gasteiger charge is 2.30. The van der Waals surface area contributed by atoms with Gasteiger partial charge in [0.15, 0.2) is 5.69 Å². The summed E-state index contributed by atoms with van der Waals surface area (Å²) in [4.78, 5) is 20.7. The van der Waals surface area contributed by atoms with Crippen molar-refractivity contribution >= 4 is 5.78 Å². The van der Waals surface area contributed by atoms with Crippen LogP contribution in [0.2, 0.25) is 0 Å². The number of ether oxygens (including phenoxy) is 1. The molecule has 0 spiro atoms. The van der Waals surface area contributed by atoms with Crippen LogP contribution in [0, 0.1) is 0 Å². The van der Waals surface area contributed by atoms with Crippen LogP contribution in [0.1, 0.15) is 16.1 Å². The number of aromatic nitrogens is 3. The molecule has 6 heteroatoms. The third kappa shape index (κ3) is 2.24. The van der Waals surface area contributed by atoms with Crippen LogP contribution in [-0.2, 0) is 7.05 Å². The number of hydrogen-bond donors (Lipinski definition) is 0. The molecule has 0 N–H and O–H groups in total. The Hall–Kier alpha value is -2.76. The summed E-state index contributed by atoms with van der Waals surface area (Å²) >= 11 is 0. The number of ketones is 1. The molecule has 1 aliphatic carbocycles. The van der Waals surface area contributed by atoms with Crippen molar-refractivity contribution in [2.24, 2.45) is 12.0 Å². The molecule has 0 radical (unpaired) electrons. The van der Waals surface area contributed by atoms with Gasteiger partial charge >= 0.3 is 0 Å². The summed E-state index contributed by atoms with van der Waals surface area (Å²) in [5.74, 6) is 0.572. The second-order valence-electron chi connectivity index (χ2n) is 4.20. The Balaban J connectivity index is 0.000000774. The molecule has 3 rings (SSSR count). The number of aryl methyl sites for hydroxylation is 1. The zero-order valence-electron chi connectivity index (χ0n) is 12.3. The van der Waals surface area contributed by atoms with Crippen LogP contribution in [-0.4, -0.2) is 34.7 Å². The SMILES string of the molecule is C=C.CN=c1nc2c(nn1C)C(=O)c1ccc(OC)cc1-2. The smallest absolute Gasteiger partial charge is 0.241 e. The van der Waals surface area contributed by atoms with Crippen molar-refractivity contribution in [3.8, 4) is 17.0 Å². The van der Waals surface area contributed by atoms with Crippen LogP contribution < -0.4 is 10.4 Å². The molecule has 1 heterocycles. The molecule has 21 heavy (non-hydrogen) atoms. The van der Waals surface area contributed by atoms with E-state index in [0.29, 0.717) is 28.3 Å². The van der Waals surface area contributed by atoms with Crippen LogP contribution in [0.3, 0.4) is 0 Å². The van der Waals surface area contributed by atoms with E-state index in [1.54, 1.807) is 39.4 Å². The third-order valence-corrected chi connectivity index (χ3v) is 3.12. The van der Waals surface area contributed by atoms with E-state index in [9.17, 15) is 4.79 Å². The minimum atomic E-state index is -0.113. The van der Waals surface area contributed by atoms with Gasteiger partial charge in [-0.15, -0.1) is 13.2 Å². The highest BCUT2D eigenvalue weighted by atomic mass is 16.5. The molecule has 0 atom stereocenters. The number of carbonyl (C=O) groups excluding carboxylic acids is 1. The van der Waals surface area contributed by atoms with Crippen molar-refractivity contribution in [3.05, 3.63) is 48.2 Å². The maximum atomic E-state index is 12.3. The van der Waals surface area contributed by atoms with Crippen molar-refractivity contribution < 1.29 is 9.53 Å².